The van der Waals surface area contributed by atoms with Crippen LogP contribution in [0.15, 0.2) is 77.6 Å². The fourth-order valence-corrected chi connectivity index (χ4v) is 2.85. The van der Waals surface area contributed by atoms with Gasteiger partial charge in [0, 0.05) is 5.56 Å². The molecule has 0 fully saturated rings. The number of H-pyrrole nitrogens is 1. The molecule has 0 saturated carbocycles. The first-order valence-corrected chi connectivity index (χ1v) is 7.98. The Morgan fingerprint density at radius 2 is 1.60 bits per heavy atom. The number of fused-ring (bicyclic) bond motifs is 1. The van der Waals surface area contributed by atoms with E-state index in [4.69, 9.17) is 4.74 Å². The molecule has 4 nitrogen and oxygen atoms in total. The van der Waals surface area contributed by atoms with E-state index in [0.29, 0.717) is 16.7 Å². The lowest BCUT2D eigenvalue weighted by molar-refractivity contribution is 0.415. The normalized spacial score (nSPS) is 10.8. The lowest BCUT2D eigenvalue weighted by Crippen LogP contribution is -2.09. The van der Waals surface area contributed by atoms with Gasteiger partial charge in [-0.05, 0) is 35.4 Å². The van der Waals surface area contributed by atoms with Crippen molar-refractivity contribution in [3.8, 4) is 28.3 Å². The quantitative estimate of drug-likeness (QED) is 0.611. The van der Waals surface area contributed by atoms with E-state index in [9.17, 15) is 4.79 Å². The number of aromatic amines is 1. The summed E-state index contributed by atoms with van der Waals surface area (Å²) in [6.45, 7) is 0. The maximum Gasteiger partial charge on any atom is 0.259 e. The molecule has 0 spiro atoms. The topological polar surface area (TPSA) is 55.0 Å². The van der Waals surface area contributed by atoms with Gasteiger partial charge in [0.05, 0.1) is 18.0 Å². The Labute approximate surface area is 144 Å². The van der Waals surface area contributed by atoms with Gasteiger partial charge in [0.25, 0.3) is 5.56 Å². The Hall–Kier alpha value is -3.40. The van der Waals surface area contributed by atoms with Gasteiger partial charge in [0.1, 0.15) is 11.6 Å². The second-order valence-electron chi connectivity index (χ2n) is 5.74. The molecule has 1 aromatic heterocycles. The number of benzene rings is 3. The summed E-state index contributed by atoms with van der Waals surface area (Å²) in [4.78, 5) is 19.6. The molecule has 0 atom stereocenters. The molecule has 3 aromatic carbocycles. The van der Waals surface area contributed by atoms with Gasteiger partial charge < -0.3 is 9.72 Å². The van der Waals surface area contributed by atoms with E-state index in [1.54, 1.807) is 13.2 Å². The summed E-state index contributed by atoms with van der Waals surface area (Å²) < 4.78 is 5.27. The molecule has 0 aliphatic carbocycles. The molecule has 0 radical (unpaired) electrons. The second-order valence-corrected chi connectivity index (χ2v) is 5.74. The number of nitrogens with zero attached hydrogens (tertiary/aromatic N) is 1. The van der Waals surface area contributed by atoms with Gasteiger partial charge in [-0.3, -0.25) is 4.79 Å². The molecule has 122 valence electrons. The Kier molecular flexibility index (Phi) is 3.78. The third kappa shape index (κ3) is 2.90. The van der Waals surface area contributed by atoms with E-state index in [2.05, 4.69) is 9.97 Å². The SMILES string of the molecule is COc1cccc(-c2ccc(-c3nc4ccccc4c(=O)[nH]3)cc2)c1. The van der Waals surface area contributed by atoms with Crippen molar-refractivity contribution in [1.82, 2.24) is 9.97 Å². The maximum atomic E-state index is 12.2. The summed E-state index contributed by atoms with van der Waals surface area (Å²) in [5.74, 6) is 1.39. The average Bonchev–Trinajstić information content (AvgIpc) is 2.68. The van der Waals surface area contributed by atoms with Crippen molar-refractivity contribution in [3.63, 3.8) is 0 Å². The van der Waals surface area contributed by atoms with E-state index in [1.165, 1.54) is 0 Å². The zero-order valence-corrected chi connectivity index (χ0v) is 13.7. The standard InChI is InChI=1S/C21H16N2O2/c1-25-17-6-4-5-16(13-17)14-9-11-15(12-10-14)20-22-19-8-3-2-7-18(19)21(24)23-20/h2-13H,1H3,(H,22,23,24). The molecule has 1 heterocycles. The molecule has 4 aromatic rings. The highest BCUT2D eigenvalue weighted by Gasteiger charge is 2.06. The molecule has 0 aliphatic rings. The van der Waals surface area contributed by atoms with Crippen LogP contribution in [0.4, 0.5) is 0 Å². The van der Waals surface area contributed by atoms with Crippen molar-refractivity contribution in [1.29, 1.82) is 0 Å². The maximum absolute atomic E-state index is 12.2. The molecule has 0 unspecified atom stereocenters. The summed E-state index contributed by atoms with van der Waals surface area (Å²) in [7, 11) is 1.66. The minimum Gasteiger partial charge on any atom is -0.497 e. The Balaban J connectivity index is 1.74. The number of aromatic nitrogens is 2. The summed E-state index contributed by atoms with van der Waals surface area (Å²) in [5.41, 5.74) is 3.58. The molecule has 0 bridgehead atoms. The van der Waals surface area contributed by atoms with Crippen LogP contribution in [0.2, 0.25) is 0 Å². The number of hydrogen-bond donors (Lipinski definition) is 1. The molecule has 4 rings (SSSR count). The number of rotatable bonds is 3. The van der Waals surface area contributed by atoms with E-state index in [0.717, 1.165) is 22.4 Å². The van der Waals surface area contributed by atoms with Crippen LogP contribution < -0.4 is 10.3 Å². The lowest BCUT2D eigenvalue weighted by atomic mass is 10.0. The summed E-state index contributed by atoms with van der Waals surface area (Å²) in [5, 5.41) is 0.597. The van der Waals surface area contributed by atoms with E-state index < -0.39 is 0 Å². The van der Waals surface area contributed by atoms with Gasteiger partial charge >= 0.3 is 0 Å². The van der Waals surface area contributed by atoms with Gasteiger partial charge in [-0.15, -0.1) is 0 Å². The van der Waals surface area contributed by atoms with Crippen LogP contribution in [0.25, 0.3) is 33.4 Å². The average molecular weight is 328 g/mol. The van der Waals surface area contributed by atoms with Crippen LogP contribution in [0.5, 0.6) is 5.75 Å². The van der Waals surface area contributed by atoms with E-state index in [1.807, 2.05) is 66.7 Å². The van der Waals surface area contributed by atoms with Gasteiger partial charge in [0.2, 0.25) is 0 Å². The van der Waals surface area contributed by atoms with Crippen molar-refractivity contribution in [3.05, 3.63) is 83.2 Å². The highest BCUT2D eigenvalue weighted by atomic mass is 16.5. The molecule has 4 heteroatoms. The third-order valence-electron chi connectivity index (χ3n) is 4.17. The smallest absolute Gasteiger partial charge is 0.259 e. The van der Waals surface area contributed by atoms with Crippen LogP contribution in [0, 0.1) is 0 Å². The van der Waals surface area contributed by atoms with Crippen LogP contribution >= 0.6 is 0 Å². The minimum absolute atomic E-state index is 0.127. The Bertz CT molecular complexity index is 1100. The predicted octanol–water partition coefficient (Wildman–Crippen LogP) is 4.27. The van der Waals surface area contributed by atoms with Crippen molar-refractivity contribution < 1.29 is 4.74 Å². The predicted molar refractivity (Wildman–Crippen MR) is 99.8 cm³/mol. The van der Waals surface area contributed by atoms with E-state index >= 15 is 0 Å². The highest BCUT2D eigenvalue weighted by Crippen LogP contribution is 2.26. The number of para-hydroxylation sites is 1. The minimum atomic E-state index is -0.127. The van der Waals surface area contributed by atoms with Crippen molar-refractivity contribution in [2.45, 2.75) is 0 Å². The first-order valence-electron chi connectivity index (χ1n) is 7.98. The monoisotopic (exact) mass is 328 g/mol. The summed E-state index contributed by atoms with van der Waals surface area (Å²) >= 11 is 0. The summed E-state index contributed by atoms with van der Waals surface area (Å²) in [6, 6.07) is 23.2. The van der Waals surface area contributed by atoms with E-state index in [-0.39, 0.29) is 5.56 Å². The first kappa shape index (κ1) is 15.1. The lowest BCUT2D eigenvalue weighted by Gasteiger charge is -2.07. The van der Waals surface area contributed by atoms with Gasteiger partial charge in [-0.2, -0.15) is 0 Å². The van der Waals surface area contributed by atoms with Crippen LogP contribution in [-0.2, 0) is 0 Å². The van der Waals surface area contributed by atoms with Crippen molar-refractivity contribution in [2.75, 3.05) is 7.11 Å². The molecular weight excluding hydrogens is 312 g/mol. The van der Waals surface area contributed by atoms with Crippen LogP contribution in [-0.4, -0.2) is 17.1 Å². The van der Waals surface area contributed by atoms with Crippen LogP contribution in [0.3, 0.4) is 0 Å². The van der Waals surface area contributed by atoms with Crippen molar-refractivity contribution in [2.24, 2.45) is 0 Å². The van der Waals surface area contributed by atoms with Gasteiger partial charge in [-0.25, -0.2) is 4.98 Å². The zero-order chi connectivity index (χ0) is 17.2. The van der Waals surface area contributed by atoms with Crippen LogP contribution in [0.1, 0.15) is 0 Å². The largest absolute Gasteiger partial charge is 0.497 e. The molecule has 25 heavy (non-hydrogen) atoms. The molecule has 1 N–H and O–H groups in total. The molecular formula is C21H16N2O2. The fourth-order valence-electron chi connectivity index (χ4n) is 2.85. The fraction of sp³-hybridized carbons (Fsp3) is 0.0476. The Morgan fingerprint density at radius 3 is 2.40 bits per heavy atom. The molecule has 0 amide bonds. The third-order valence-corrected chi connectivity index (χ3v) is 4.17. The van der Waals surface area contributed by atoms with Gasteiger partial charge in [-0.1, -0.05) is 48.5 Å². The molecule has 0 saturated heterocycles. The number of ether oxygens (including phenoxy) is 1. The van der Waals surface area contributed by atoms with Gasteiger partial charge in [0.15, 0.2) is 0 Å². The number of hydrogen-bond acceptors (Lipinski definition) is 3. The number of nitrogens with one attached hydrogen (secondary N) is 1. The second kappa shape index (κ2) is 6.24. The van der Waals surface area contributed by atoms with Crippen molar-refractivity contribution >= 4 is 10.9 Å². The highest BCUT2D eigenvalue weighted by molar-refractivity contribution is 5.79. The summed E-state index contributed by atoms with van der Waals surface area (Å²) in [6.07, 6.45) is 0. The molecule has 0 aliphatic heterocycles. The zero-order valence-electron chi connectivity index (χ0n) is 13.7. The Morgan fingerprint density at radius 1 is 0.840 bits per heavy atom. The first-order chi connectivity index (χ1) is 12.2. The number of methoxy groups -OCH3 is 1.